The molecule has 0 fully saturated rings. The van der Waals surface area contributed by atoms with Crippen LogP contribution in [0.2, 0.25) is 0 Å². The van der Waals surface area contributed by atoms with Crippen molar-refractivity contribution in [2.45, 2.75) is 6.42 Å². The third-order valence-electron chi connectivity index (χ3n) is 2.86. The molecule has 2 aromatic rings. The highest BCUT2D eigenvalue weighted by molar-refractivity contribution is 5.77. The van der Waals surface area contributed by atoms with Gasteiger partial charge in [-0.15, -0.1) is 0 Å². The summed E-state index contributed by atoms with van der Waals surface area (Å²) in [5.41, 5.74) is 2.54. The van der Waals surface area contributed by atoms with Crippen LogP contribution in [0.1, 0.15) is 5.56 Å². The van der Waals surface area contributed by atoms with Crippen LogP contribution in [0.5, 0.6) is 5.75 Å². The fourth-order valence-electron chi connectivity index (χ4n) is 2.03. The second kappa shape index (κ2) is 6.73. The second-order valence-electron chi connectivity index (χ2n) is 4.33. The molecular weight excluding hydrogens is 256 g/mol. The molecule has 0 unspecified atom stereocenters. The molecule has 0 aliphatic rings. The highest BCUT2D eigenvalue weighted by atomic mass is 16.5. The maximum atomic E-state index is 11.0. The van der Waals surface area contributed by atoms with Crippen LogP contribution in [0, 0.1) is 0 Å². The zero-order chi connectivity index (χ0) is 14.4. The van der Waals surface area contributed by atoms with Crippen LogP contribution in [0.3, 0.4) is 0 Å². The number of aliphatic hydroxyl groups excluding tert-OH is 1. The molecule has 104 valence electrons. The predicted molar refractivity (Wildman–Crippen MR) is 75.8 cm³/mol. The van der Waals surface area contributed by atoms with Crippen molar-refractivity contribution in [3.8, 4) is 16.9 Å². The van der Waals surface area contributed by atoms with Gasteiger partial charge in [0.2, 0.25) is 0 Å². The fourth-order valence-corrected chi connectivity index (χ4v) is 2.03. The van der Waals surface area contributed by atoms with E-state index in [9.17, 15) is 4.79 Å². The van der Waals surface area contributed by atoms with Crippen molar-refractivity contribution in [1.29, 1.82) is 0 Å². The van der Waals surface area contributed by atoms with Gasteiger partial charge < -0.3 is 14.9 Å². The van der Waals surface area contributed by atoms with Gasteiger partial charge in [-0.05, 0) is 28.8 Å². The third-order valence-corrected chi connectivity index (χ3v) is 2.86. The smallest absolute Gasteiger partial charge is 0.307 e. The number of ether oxygens (including phenoxy) is 1. The number of benzene rings is 2. The van der Waals surface area contributed by atoms with Crippen molar-refractivity contribution in [1.82, 2.24) is 0 Å². The molecule has 0 heterocycles. The van der Waals surface area contributed by atoms with E-state index in [1.54, 1.807) is 12.1 Å². The molecule has 0 atom stereocenters. The fraction of sp³-hybridized carbons (Fsp3) is 0.188. The third kappa shape index (κ3) is 3.59. The molecule has 0 saturated carbocycles. The van der Waals surface area contributed by atoms with Crippen LogP contribution >= 0.6 is 0 Å². The minimum atomic E-state index is -0.888. The Hall–Kier alpha value is -2.33. The lowest BCUT2D eigenvalue weighted by atomic mass is 9.97. The molecule has 4 nitrogen and oxygen atoms in total. The van der Waals surface area contributed by atoms with E-state index < -0.39 is 5.97 Å². The number of carboxylic acid groups (broad SMARTS) is 1. The van der Waals surface area contributed by atoms with Crippen LogP contribution in [0.25, 0.3) is 11.1 Å². The maximum Gasteiger partial charge on any atom is 0.307 e. The summed E-state index contributed by atoms with van der Waals surface area (Å²) in [5.74, 6) is -0.323. The average molecular weight is 272 g/mol. The molecule has 4 heteroatoms. The zero-order valence-corrected chi connectivity index (χ0v) is 11.0. The van der Waals surface area contributed by atoms with Crippen molar-refractivity contribution in [2.75, 3.05) is 13.2 Å². The lowest BCUT2D eigenvalue weighted by Gasteiger charge is -2.11. The molecule has 0 radical (unpaired) electrons. The van der Waals surface area contributed by atoms with Gasteiger partial charge in [0.1, 0.15) is 12.4 Å². The largest absolute Gasteiger partial charge is 0.491 e. The predicted octanol–water partition coefficient (Wildman–Crippen LogP) is 2.35. The van der Waals surface area contributed by atoms with Crippen LogP contribution < -0.4 is 4.74 Å². The number of hydrogen-bond donors (Lipinski definition) is 2. The van der Waals surface area contributed by atoms with E-state index >= 15 is 0 Å². The molecule has 0 aromatic heterocycles. The SMILES string of the molecule is O=C(O)Cc1cc(OCCO)ccc1-c1ccccc1. The van der Waals surface area contributed by atoms with Gasteiger partial charge in [0.25, 0.3) is 0 Å². The number of hydrogen-bond acceptors (Lipinski definition) is 3. The molecule has 0 amide bonds. The van der Waals surface area contributed by atoms with E-state index in [1.807, 2.05) is 36.4 Å². The highest BCUT2D eigenvalue weighted by Crippen LogP contribution is 2.27. The second-order valence-corrected chi connectivity index (χ2v) is 4.33. The Morgan fingerprint density at radius 2 is 1.85 bits per heavy atom. The molecule has 0 saturated heterocycles. The normalized spacial score (nSPS) is 10.2. The monoisotopic (exact) mass is 272 g/mol. The van der Waals surface area contributed by atoms with Gasteiger partial charge in [-0.3, -0.25) is 4.79 Å². The highest BCUT2D eigenvalue weighted by Gasteiger charge is 2.10. The van der Waals surface area contributed by atoms with Crippen LogP contribution in [-0.4, -0.2) is 29.4 Å². The van der Waals surface area contributed by atoms with Gasteiger partial charge in [-0.25, -0.2) is 0 Å². The van der Waals surface area contributed by atoms with Gasteiger partial charge in [0.15, 0.2) is 0 Å². The van der Waals surface area contributed by atoms with Crippen molar-refractivity contribution >= 4 is 5.97 Å². The number of rotatable bonds is 6. The molecule has 0 aliphatic carbocycles. The molecule has 2 aromatic carbocycles. The van der Waals surface area contributed by atoms with E-state index in [1.165, 1.54) is 0 Å². The molecular formula is C16H16O4. The molecule has 0 aliphatic heterocycles. The Bertz CT molecular complexity index is 578. The van der Waals surface area contributed by atoms with E-state index in [-0.39, 0.29) is 19.6 Å². The van der Waals surface area contributed by atoms with Gasteiger partial charge in [0.05, 0.1) is 13.0 Å². The van der Waals surface area contributed by atoms with Gasteiger partial charge in [-0.2, -0.15) is 0 Å². The molecule has 2 rings (SSSR count). The molecule has 0 bridgehead atoms. The van der Waals surface area contributed by atoms with Gasteiger partial charge >= 0.3 is 5.97 Å². The van der Waals surface area contributed by atoms with E-state index in [0.29, 0.717) is 11.3 Å². The Morgan fingerprint density at radius 1 is 1.10 bits per heavy atom. The van der Waals surface area contributed by atoms with E-state index in [4.69, 9.17) is 14.9 Å². The Kier molecular flexibility index (Phi) is 4.74. The van der Waals surface area contributed by atoms with Gasteiger partial charge in [0, 0.05) is 0 Å². The Balaban J connectivity index is 2.37. The first kappa shape index (κ1) is 14.1. The molecule has 2 N–H and O–H groups in total. The van der Waals surface area contributed by atoms with Crippen molar-refractivity contribution in [3.05, 3.63) is 54.1 Å². The number of aliphatic carboxylic acids is 1. The zero-order valence-electron chi connectivity index (χ0n) is 11.0. The summed E-state index contributed by atoms with van der Waals surface area (Å²) in [5, 5.41) is 17.8. The topological polar surface area (TPSA) is 66.8 Å². The van der Waals surface area contributed by atoms with Crippen molar-refractivity contribution in [3.63, 3.8) is 0 Å². The van der Waals surface area contributed by atoms with Gasteiger partial charge in [-0.1, -0.05) is 36.4 Å². The summed E-state index contributed by atoms with van der Waals surface area (Å²) < 4.78 is 5.33. The van der Waals surface area contributed by atoms with Crippen molar-refractivity contribution in [2.24, 2.45) is 0 Å². The summed E-state index contributed by atoms with van der Waals surface area (Å²) in [6.07, 6.45) is -0.0689. The number of carbonyl (C=O) groups is 1. The van der Waals surface area contributed by atoms with Crippen LogP contribution in [0.15, 0.2) is 48.5 Å². The first-order chi connectivity index (χ1) is 9.70. The summed E-state index contributed by atoms with van der Waals surface area (Å²) in [6.45, 7) is 0.117. The van der Waals surface area contributed by atoms with Crippen molar-refractivity contribution < 1.29 is 19.7 Å². The Morgan fingerprint density at radius 3 is 2.50 bits per heavy atom. The first-order valence-corrected chi connectivity index (χ1v) is 6.34. The average Bonchev–Trinajstić information content (AvgIpc) is 2.45. The minimum Gasteiger partial charge on any atom is -0.491 e. The molecule has 20 heavy (non-hydrogen) atoms. The summed E-state index contributed by atoms with van der Waals surface area (Å²) in [4.78, 5) is 11.0. The van der Waals surface area contributed by atoms with E-state index in [0.717, 1.165) is 11.1 Å². The Labute approximate surface area is 117 Å². The van der Waals surface area contributed by atoms with Crippen LogP contribution in [0.4, 0.5) is 0 Å². The summed E-state index contributed by atoms with van der Waals surface area (Å²) >= 11 is 0. The summed E-state index contributed by atoms with van der Waals surface area (Å²) in [6, 6.07) is 15.0. The number of aliphatic hydroxyl groups is 1. The number of carboxylic acids is 1. The lowest BCUT2D eigenvalue weighted by Crippen LogP contribution is -2.05. The van der Waals surface area contributed by atoms with Crippen LogP contribution in [-0.2, 0) is 11.2 Å². The molecule has 0 spiro atoms. The standard InChI is InChI=1S/C16H16O4/c17-8-9-20-14-6-7-15(12-4-2-1-3-5-12)13(10-14)11-16(18)19/h1-7,10,17H,8-9,11H2,(H,18,19). The quantitative estimate of drug-likeness (QED) is 0.847. The maximum absolute atomic E-state index is 11.0. The lowest BCUT2D eigenvalue weighted by molar-refractivity contribution is -0.136. The minimum absolute atomic E-state index is 0.0689. The summed E-state index contributed by atoms with van der Waals surface area (Å²) in [7, 11) is 0. The van der Waals surface area contributed by atoms with E-state index in [2.05, 4.69) is 0 Å². The first-order valence-electron chi connectivity index (χ1n) is 6.34.